The molecular weight excluding hydrogens is 222 g/mol. The zero-order chi connectivity index (χ0) is 12.8. The number of hydrogen-bond acceptors (Lipinski definition) is 3. The Morgan fingerprint density at radius 1 is 1.17 bits per heavy atom. The second-order valence-electron chi connectivity index (χ2n) is 6.15. The summed E-state index contributed by atoms with van der Waals surface area (Å²) in [5.41, 5.74) is 0. The summed E-state index contributed by atoms with van der Waals surface area (Å²) in [5, 5.41) is 3.61. The van der Waals surface area contributed by atoms with E-state index in [0.717, 1.165) is 12.1 Å². The lowest BCUT2D eigenvalue weighted by Gasteiger charge is -2.30. The van der Waals surface area contributed by atoms with E-state index in [1.54, 1.807) is 0 Å². The third kappa shape index (κ3) is 4.87. The zero-order valence-corrected chi connectivity index (χ0v) is 12.3. The molecule has 18 heavy (non-hydrogen) atoms. The molecule has 1 aliphatic heterocycles. The van der Waals surface area contributed by atoms with Crippen LogP contribution in [0, 0.1) is 0 Å². The summed E-state index contributed by atoms with van der Waals surface area (Å²) in [6.07, 6.45) is 8.17. The first-order valence-electron chi connectivity index (χ1n) is 7.95. The summed E-state index contributed by atoms with van der Waals surface area (Å²) in [4.78, 5) is 5.24. The number of likely N-dealkylation sites (N-methyl/N-ethyl adjacent to an activating group) is 1. The molecule has 1 heterocycles. The van der Waals surface area contributed by atoms with E-state index in [-0.39, 0.29) is 0 Å². The summed E-state index contributed by atoms with van der Waals surface area (Å²) in [6.45, 7) is 8.71. The fourth-order valence-electron chi connectivity index (χ4n) is 3.01. The molecule has 0 amide bonds. The number of hydrogen-bond donors (Lipinski definition) is 1. The lowest BCUT2D eigenvalue weighted by Crippen LogP contribution is -2.40. The largest absolute Gasteiger partial charge is 0.314 e. The first kappa shape index (κ1) is 14.3. The van der Waals surface area contributed by atoms with E-state index < -0.39 is 0 Å². The predicted octanol–water partition coefficient (Wildman–Crippen LogP) is 1.93. The molecule has 1 atom stereocenters. The molecule has 1 saturated carbocycles. The Labute approximate surface area is 113 Å². The smallest absolute Gasteiger partial charge is 0.0220 e. The van der Waals surface area contributed by atoms with E-state index in [1.807, 2.05) is 0 Å². The van der Waals surface area contributed by atoms with Gasteiger partial charge in [-0.1, -0.05) is 6.92 Å². The van der Waals surface area contributed by atoms with Crippen LogP contribution >= 0.6 is 0 Å². The van der Waals surface area contributed by atoms with Crippen LogP contribution in [0.4, 0.5) is 0 Å². The highest BCUT2D eigenvalue weighted by Gasteiger charge is 2.22. The number of unbranched alkanes of at least 4 members (excludes halogenated alkanes) is 1. The van der Waals surface area contributed by atoms with Crippen molar-refractivity contribution in [3.05, 3.63) is 0 Å². The van der Waals surface area contributed by atoms with E-state index in [0.29, 0.717) is 0 Å². The van der Waals surface area contributed by atoms with Crippen molar-refractivity contribution in [1.82, 2.24) is 15.1 Å². The van der Waals surface area contributed by atoms with Crippen molar-refractivity contribution in [1.29, 1.82) is 0 Å². The first-order chi connectivity index (χ1) is 8.79. The normalized spacial score (nSPS) is 27.3. The van der Waals surface area contributed by atoms with Gasteiger partial charge in [0.1, 0.15) is 0 Å². The second-order valence-corrected chi connectivity index (χ2v) is 6.15. The van der Waals surface area contributed by atoms with Crippen LogP contribution in [0.25, 0.3) is 0 Å². The lowest BCUT2D eigenvalue weighted by atomic mass is 10.1. The van der Waals surface area contributed by atoms with Crippen LogP contribution in [-0.4, -0.2) is 61.7 Å². The zero-order valence-electron chi connectivity index (χ0n) is 12.3. The summed E-state index contributed by atoms with van der Waals surface area (Å²) in [5.74, 6) is 0. The molecule has 1 N–H and O–H groups in total. The van der Waals surface area contributed by atoms with Crippen LogP contribution in [0.5, 0.6) is 0 Å². The lowest BCUT2D eigenvalue weighted by molar-refractivity contribution is 0.180. The maximum absolute atomic E-state index is 3.61. The monoisotopic (exact) mass is 253 g/mol. The fourth-order valence-corrected chi connectivity index (χ4v) is 3.01. The van der Waals surface area contributed by atoms with Crippen LogP contribution in [0.2, 0.25) is 0 Å². The highest BCUT2D eigenvalue weighted by atomic mass is 15.2. The topological polar surface area (TPSA) is 18.5 Å². The maximum Gasteiger partial charge on any atom is 0.0220 e. The van der Waals surface area contributed by atoms with Crippen molar-refractivity contribution < 1.29 is 0 Å². The molecule has 0 spiro atoms. The summed E-state index contributed by atoms with van der Waals surface area (Å²) < 4.78 is 0. The van der Waals surface area contributed by atoms with Crippen molar-refractivity contribution in [2.45, 2.75) is 57.5 Å². The van der Waals surface area contributed by atoms with Crippen LogP contribution < -0.4 is 5.32 Å². The average molecular weight is 253 g/mol. The highest BCUT2D eigenvalue weighted by Crippen LogP contribution is 2.18. The Bertz CT molecular complexity index is 228. The Morgan fingerprint density at radius 2 is 2.00 bits per heavy atom. The van der Waals surface area contributed by atoms with E-state index >= 15 is 0 Å². The van der Waals surface area contributed by atoms with E-state index in [9.17, 15) is 0 Å². The van der Waals surface area contributed by atoms with Gasteiger partial charge in [-0.2, -0.15) is 0 Å². The minimum Gasteiger partial charge on any atom is -0.314 e. The molecule has 2 rings (SSSR count). The van der Waals surface area contributed by atoms with E-state index in [1.165, 1.54) is 71.2 Å². The molecule has 1 aliphatic carbocycles. The number of nitrogens with one attached hydrogen (secondary N) is 1. The Balaban J connectivity index is 1.61. The van der Waals surface area contributed by atoms with Gasteiger partial charge in [0.2, 0.25) is 0 Å². The molecule has 1 unspecified atom stereocenters. The van der Waals surface area contributed by atoms with Gasteiger partial charge in [0.05, 0.1) is 0 Å². The van der Waals surface area contributed by atoms with E-state index in [2.05, 4.69) is 29.1 Å². The average Bonchev–Trinajstić information content (AvgIpc) is 3.17. The Kier molecular flexibility index (Phi) is 5.93. The van der Waals surface area contributed by atoms with Gasteiger partial charge in [-0.25, -0.2) is 0 Å². The van der Waals surface area contributed by atoms with Crippen LogP contribution in [-0.2, 0) is 0 Å². The molecule has 0 aromatic carbocycles. The third-order valence-electron chi connectivity index (χ3n) is 4.38. The van der Waals surface area contributed by atoms with Gasteiger partial charge < -0.3 is 10.2 Å². The maximum atomic E-state index is 3.61. The van der Waals surface area contributed by atoms with Crippen molar-refractivity contribution in [3.8, 4) is 0 Å². The molecule has 3 nitrogen and oxygen atoms in total. The number of nitrogens with zero attached hydrogens (tertiary/aromatic N) is 2. The van der Waals surface area contributed by atoms with E-state index in [4.69, 9.17) is 0 Å². The quantitative estimate of drug-likeness (QED) is 0.700. The van der Waals surface area contributed by atoms with Gasteiger partial charge in [0.15, 0.2) is 0 Å². The van der Waals surface area contributed by atoms with Gasteiger partial charge in [-0.3, -0.25) is 4.90 Å². The summed E-state index contributed by atoms with van der Waals surface area (Å²) in [7, 11) is 2.27. The Hall–Kier alpha value is -0.120. The number of rotatable bonds is 7. The van der Waals surface area contributed by atoms with Crippen LogP contribution in [0.3, 0.4) is 0 Å². The molecule has 1 saturated heterocycles. The minimum atomic E-state index is 0.786. The molecule has 2 fully saturated rings. The first-order valence-corrected chi connectivity index (χ1v) is 7.95. The van der Waals surface area contributed by atoms with Crippen molar-refractivity contribution >= 4 is 0 Å². The van der Waals surface area contributed by atoms with Crippen LogP contribution in [0.1, 0.15) is 45.4 Å². The SMILES string of the molecule is CCC1CN(C)CCCN1CCCCNC1CC1. The van der Waals surface area contributed by atoms with Gasteiger partial charge in [-0.05, 0) is 71.8 Å². The van der Waals surface area contributed by atoms with Gasteiger partial charge in [-0.15, -0.1) is 0 Å². The van der Waals surface area contributed by atoms with Crippen molar-refractivity contribution in [2.75, 3.05) is 39.8 Å². The van der Waals surface area contributed by atoms with Crippen molar-refractivity contribution in [3.63, 3.8) is 0 Å². The molecule has 0 bridgehead atoms. The molecule has 0 aromatic rings. The highest BCUT2D eigenvalue weighted by molar-refractivity contribution is 4.81. The van der Waals surface area contributed by atoms with Crippen molar-refractivity contribution in [2.24, 2.45) is 0 Å². The summed E-state index contributed by atoms with van der Waals surface area (Å²) in [6, 6.07) is 1.66. The molecule has 2 aliphatic rings. The molecule has 3 heteroatoms. The predicted molar refractivity (Wildman–Crippen MR) is 78.0 cm³/mol. The molecule has 0 aromatic heterocycles. The van der Waals surface area contributed by atoms with Gasteiger partial charge in [0.25, 0.3) is 0 Å². The standard InChI is InChI=1S/C15H31N3/c1-3-15-13-17(2)10-6-12-18(15)11-5-4-9-16-14-7-8-14/h14-16H,3-13H2,1-2H3. The van der Waals surface area contributed by atoms with Gasteiger partial charge >= 0.3 is 0 Å². The second kappa shape index (κ2) is 7.46. The molecule has 106 valence electrons. The minimum absolute atomic E-state index is 0.786. The third-order valence-corrected chi connectivity index (χ3v) is 4.38. The Morgan fingerprint density at radius 3 is 2.72 bits per heavy atom. The molecular formula is C15H31N3. The fraction of sp³-hybridized carbons (Fsp3) is 1.00. The van der Waals surface area contributed by atoms with Gasteiger partial charge in [0, 0.05) is 18.6 Å². The van der Waals surface area contributed by atoms with Crippen LogP contribution in [0.15, 0.2) is 0 Å². The summed E-state index contributed by atoms with van der Waals surface area (Å²) >= 11 is 0. The molecule has 0 radical (unpaired) electrons.